The Balaban J connectivity index is 2.44. The molecule has 0 aliphatic carbocycles. The first kappa shape index (κ1) is 16.4. The summed E-state index contributed by atoms with van der Waals surface area (Å²) in [6.45, 7) is 5.99. The zero-order valence-electron chi connectivity index (χ0n) is 12.2. The first-order valence-corrected chi connectivity index (χ1v) is 6.82. The van der Waals surface area contributed by atoms with Gasteiger partial charge >= 0.3 is 6.03 Å². The Kier molecular flexibility index (Phi) is 6.45. The Labute approximate surface area is 119 Å². The van der Waals surface area contributed by atoms with Gasteiger partial charge in [-0.05, 0) is 36.5 Å². The molecule has 0 saturated heterocycles. The Bertz CT molecular complexity index is 449. The Hall–Kier alpha value is -1.62. The second-order valence-corrected chi connectivity index (χ2v) is 5.42. The molecule has 112 valence electrons. The number of aliphatic hydroxyl groups is 1. The lowest BCUT2D eigenvalue weighted by Crippen LogP contribution is -2.44. The molecule has 0 fully saturated rings. The van der Waals surface area contributed by atoms with Crippen molar-refractivity contribution in [2.75, 3.05) is 6.61 Å². The minimum absolute atomic E-state index is 0.0821. The maximum atomic E-state index is 13.1. The number of aryl methyl sites for hydroxylation is 1. The number of amides is 2. The summed E-state index contributed by atoms with van der Waals surface area (Å²) in [5.74, 6) is 0.141. The molecule has 4 nitrogen and oxygen atoms in total. The second kappa shape index (κ2) is 7.85. The smallest absolute Gasteiger partial charge is 0.315 e. The molecule has 0 bridgehead atoms. The normalized spacial score (nSPS) is 12.3. The zero-order chi connectivity index (χ0) is 15.1. The largest absolute Gasteiger partial charge is 0.394 e. The molecule has 0 radical (unpaired) electrons. The SMILES string of the molecule is Cc1cc(CNC(=O)NC(CO)CC(C)C)ccc1F. The van der Waals surface area contributed by atoms with Crippen LogP contribution in [0, 0.1) is 18.7 Å². The van der Waals surface area contributed by atoms with Crippen molar-refractivity contribution in [1.82, 2.24) is 10.6 Å². The molecule has 20 heavy (non-hydrogen) atoms. The van der Waals surface area contributed by atoms with Gasteiger partial charge in [0.1, 0.15) is 5.82 Å². The van der Waals surface area contributed by atoms with Crippen molar-refractivity contribution in [3.8, 4) is 0 Å². The van der Waals surface area contributed by atoms with E-state index in [2.05, 4.69) is 10.6 Å². The fourth-order valence-corrected chi connectivity index (χ4v) is 1.98. The van der Waals surface area contributed by atoms with Crippen molar-refractivity contribution in [1.29, 1.82) is 0 Å². The van der Waals surface area contributed by atoms with Crippen LogP contribution in [0.1, 0.15) is 31.4 Å². The van der Waals surface area contributed by atoms with Crippen molar-refractivity contribution in [2.45, 2.75) is 39.8 Å². The molecule has 0 saturated carbocycles. The number of benzene rings is 1. The van der Waals surface area contributed by atoms with Gasteiger partial charge in [0.25, 0.3) is 0 Å². The number of nitrogens with one attached hydrogen (secondary N) is 2. The van der Waals surface area contributed by atoms with Crippen molar-refractivity contribution in [2.24, 2.45) is 5.92 Å². The highest BCUT2D eigenvalue weighted by Crippen LogP contribution is 2.09. The summed E-state index contributed by atoms with van der Waals surface area (Å²) < 4.78 is 13.1. The van der Waals surface area contributed by atoms with Crippen molar-refractivity contribution in [3.63, 3.8) is 0 Å². The van der Waals surface area contributed by atoms with E-state index < -0.39 is 0 Å². The summed E-state index contributed by atoms with van der Waals surface area (Å²) in [4.78, 5) is 11.7. The van der Waals surface area contributed by atoms with Crippen LogP contribution in [-0.2, 0) is 6.54 Å². The molecule has 1 atom stereocenters. The van der Waals surface area contributed by atoms with Gasteiger partial charge in [-0.15, -0.1) is 0 Å². The molecule has 1 aromatic carbocycles. The maximum absolute atomic E-state index is 13.1. The van der Waals surface area contributed by atoms with Gasteiger partial charge in [-0.2, -0.15) is 0 Å². The highest BCUT2D eigenvalue weighted by Gasteiger charge is 2.12. The molecule has 0 heterocycles. The van der Waals surface area contributed by atoms with Crippen molar-refractivity contribution >= 4 is 6.03 Å². The fraction of sp³-hybridized carbons (Fsp3) is 0.533. The third kappa shape index (κ3) is 5.57. The van der Waals surface area contributed by atoms with Crippen LogP contribution in [0.3, 0.4) is 0 Å². The maximum Gasteiger partial charge on any atom is 0.315 e. The lowest BCUT2D eigenvalue weighted by atomic mass is 10.0. The molecule has 1 aromatic rings. The summed E-state index contributed by atoms with van der Waals surface area (Å²) >= 11 is 0. The molecule has 1 unspecified atom stereocenters. The highest BCUT2D eigenvalue weighted by atomic mass is 19.1. The summed E-state index contributed by atoms with van der Waals surface area (Å²) in [5.41, 5.74) is 1.39. The Morgan fingerprint density at radius 2 is 2.10 bits per heavy atom. The van der Waals surface area contributed by atoms with Gasteiger partial charge in [-0.25, -0.2) is 9.18 Å². The van der Waals surface area contributed by atoms with E-state index in [-0.39, 0.29) is 24.5 Å². The van der Waals surface area contributed by atoms with E-state index >= 15 is 0 Å². The molecule has 3 N–H and O–H groups in total. The topological polar surface area (TPSA) is 61.4 Å². The summed E-state index contributed by atoms with van der Waals surface area (Å²) in [7, 11) is 0. The Morgan fingerprint density at radius 3 is 2.65 bits per heavy atom. The van der Waals surface area contributed by atoms with E-state index in [9.17, 15) is 14.3 Å². The van der Waals surface area contributed by atoms with Gasteiger partial charge in [-0.1, -0.05) is 26.0 Å². The van der Waals surface area contributed by atoms with E-state index in [0.717, 1.165) is 12.0 Å². The van der Waals surface area contributed by atoms with Crippen LogP contribution in [0.25, 0.3) is 0 Å². The van der Waals surface area contributed by atoms with Crippen LogP contribution in [-0.4, -0.2) is 23.8 Å². The number of urea groups is 1. The van der Waals surface area contributed by atoms with Crippen LogP contribution >= 0.6 is 0 Å². The minimum Gasteiger partial charge on any atom is -0.394 e. The molecule has 0 aliphatic rings. The summed E-state index contributed by atoms with van der Waals surface area (Å²) in [6.07, 6.45) is 0.722. The van der Waals surface area contributed by atoms with Crippen molar-refractivity contribution < 1.29 is 14.3 Å². The van der Waals surface area contributed by atoms with Crippen LogP contribution in [0.4, 0.5) is 9.18 Å². The monoisotopic (exact) mass is 282 g/mol. The van der Waals surface area contributed by atoms with Crippen LogP contribution < -0.4 is 10.6 Å². The average Bonchev–Trinajstić information content (AvgIpc) is 2.39. The first-order valence-electron chi connectivity index (χ1n) is 6.82. The third-order valence-electron chi connectivity index (χ3n) is 2.99. The summed E-state index contributed by atoms with van der Waals surface area (Å²) in [6, 6.07) is 4.16. The number of hydrogen-bond donors (Lipinski definition) is 3. The number of carbonyl (C=O) groups excluding carboxylic acids is 1. The van der Waals surface area contributed by atoms with Crippen molar-refractivity contribution in [3.05, 3.63) is 35.1 Å². The van der Waals surface area contributed by atoms with E-state index in [4.69, 9.17) is 0 Å². The number of carbonyl (C=O) groups is 1. The predicted octanol–water partition coefficient (Wildman–Crippen LogP) is 2.34. The third-order valence-corrected chi connectivity index (χ3v) is 2.99. The van der Waals surface area contributed by atoms with E-state index in [1.807, 2.05) is 13.8 Å². The van der Waals surface area contributed by atoms with Gasteiger partial charge in [0.15, 0.2) is 0 Å². The van der Waals surface area contributed by atoms with Crippen LogP contribution in [0.2, 0.25) is 0 Å². The van der Waals surface area contributed by atoms with Gasteiger partial charge in [0, 0.05) is 6.54 Å². The number of halogens is 1. The number of aliphatic hydroxyl groups excluding tert-OH is 1. The van der Waals surface area contributed by atoms with E-state index in [1.165, 1.54) is 6.07 Å². The number of rotatable bonds is 6. The second-order valence-electron chi connectivity index (χ2n) is 5.42. The lowest BCUT2D eigenvalue weighted by Gasteiger charge is -2.18. The molecule has 1 rings (SSSR count). The molecule has 5 heteroatoms. The molecular formula is C15H23FN2O2. The predicted molar refractivity (Wildman–Crippen MR) is 76.8 cm³/mol. The van der Waals surface area contributed by atoms with Crippen LogP contribution in [0.5, 0.6) is 0 Å². The van der Waals surface area contributed by atoms with Gasteiger partial charge in [0.05, 0.1) is 12.6 Å². The standard InChI is InChI=1S/C15H23FN2O2/c1-10(2)6-13(9-19)18-15(20)17-8-12-4-5-14(16)11(3)7-12/h4-5,7,10,13,19H,6,8-9H2,1-3H3,(H2,17,18,20). The minimum atomic E-state index is -0.327. The fourth-order valence-electron chi connectivity index (χ4n) is 1.98. The lowest BCUT2D eigenvalue weighted by molar-refractivity contribution is 0.206. The molecular weight excluding hydrogens is 259 g/mol. The molecule has 0 aromatic heterocycles. The van der Waals surface area contributed by atoms with E-state index in [0.29, 0.717) is 18.0 Å². The highest BCUT2D eigenvalue weighted by molar-refractivity contribution is 5.74. The molecule has 2 amide bonds. The first-order chi connectivity index (χ1) is 9.42. The van der Waals surface area contributed by atoms with Gasteiger partial charge in [0.2, 0.25) is 0 Å². The Morgan fingerprint density at radius 1 is 1.40 bits per heavy atom. The molecule has 0 spiro atoms. The zero-order valence-corrected chi connectivity index (χ0v) is 12.2. The van der Waals surface area contributed by atoms with Gasteiger partial charge in [-0.3, -0.25) is 0 Å². The quantitative estimate of drug-likeness (QED) is 0.750. The van der Waals surface area contributed by atoms with Crippen LogP contribution in [0.15, 0.2) is 18.2 Å². The van der Waals surface area contributed by atoms with Gasteiger partial charge < -0.3 is 15.7 Å². The van der Waals surface area contributed by atoms with E-state index in [1.54, 1.807) is 19.1 Å². The average molecular weight is 282 g/mol. The molecule has 0 aliphatic heterocycles. The summed E-state index contributed by atoms with van der Waals surface area (Å²) in [5, 5.41) is 14.6. The number of hydrogen-bond acceptors (Lipinski definition) is 2.